The van der Waals surface area contributed by atoms with Crippen molar-refractivity contribution >= 4 is 0 Å². The van der Waals surface area contributed by atoms with Crippen LogP contribution in [0.4, 0.5) is 0 Å². The van der Waals surface area contributed by atoms with Crippen molar-refractivity contribution < 1.29 is 0 Å². The molecule has 0 atom stereocenters. The summed E-state index contributed by atoms with van der Waals surface area (Å²) >= 11 is 0. The van der Waals surface area contributed by atoms with E-state index in [0.717, 1.165) is 26.1 Å². The molecule has 2 rings (SSSR count). The van der Waals surface area contributed by atoms with Crippen LogP contribution in [0.15, 0.2) is 6.07 Å². The van der Waals surface area contributed by atoms with Crippen LogP contribution in [0, 0.1) is 0 Å². The molecule has 0 unspecified atom stereocenters. The van der Waals surface area contributed by atoms with E-state index in [9.17, 15) is 0 Å². The van der Waals surface area contributed by atoms with Crippen LogP contribution >= 0.6 is 0 Å². The zero-order chi connectivity index (χ0) is 9.26. The summed E-state index contributed by atoms with van der Waals surface area (Å²) in [6, 6.07) is 2.25. The van der Waals surface area contributed by atoms with Crippen LogP contribution in [-0.4, -0.2) is 28.3 Å². The van der Waals surface area contributed by atoms with Gasteiger partial charge in [0.1, 0.15) is 0 Å². The third-order valence-corrected chi connectivity index (χ3v) is 2.55. The molecule has 3 heteroatoms. The number of hydrogen-bond donors (Lipinski definition) is 0. The summed E-state index contributed by atoms with van der Waals surface area (Å²) in [6.45, 7) is 5.43. The summed E-state index contributed by atoms with van der Waals surface area (Å²) < 4.78 is 2.16. The van der Waals surface area contributed by atoms with Crippen molar-refractivity contribution in [3.63, 3.8) is 0 Å². The predicted molar refractivity (Wildman–Crippen MR) is 52.6 cm³/mol. The summed E-state index contributed by atoms with van der Waals surface area (Å²) in [5.41, 5.74) is 2.63. The Morgan fingerprint density at radius 3 is 3.08 bits per heavy atom. The zero-order valence-electron chi connectivity index (χ0n) is 8.45. The third-order valence-electron chi connectivity index (χ3n) is 2.55. The lowest BCUT2D eigenvalue weighted by Crippen LogP contribution is -2.30. The normalized spacial score (nSPS) is 17.4. The Morgan fingerprint density at radius 1 is 1.46 bits per heavy atom. The fourth-order valence-electron chi connectivity index (χ4n) is 1.84. The summed E-state index contributed by atoms with van der Waals surface area (Å²) in [5, 5.41) is 4.56. The molecule has 0 fully saturated rings. The monoisotopic (exact) mass is 179 g/mol. The second-order valence-corrected chi connectivity index (χ2v) is 3.84. The number of nitrogens with zero attached hydrogens (tertiary/aromatic N) is 3. The van der Waals surface area contributed by atoms with Gasteiger partial charge < -0.3 is 0 Å². The molecule has 0 saturated carbocycles. The molecule has 1 aliphatic heterocycles. The highest BCUT2D eigenvalue weighted by molar-refractivity contribution is 5.11. The number of rotatable bonds is 2. The summed E-state index contributed by atoms with van der Waals surface area (Å²) in [6.07, 6.45) is 2.30. The van der Waals surface area contributed by atoms with Gasteiger partial charge >= 0.3 is 0 Å². The average molecular weight is 179 g/mol. The highest BCUT2D eigenvalue weighted by Crippen LogP contribution is 2.12. The number of aromatic nitrogens is 2. The van der Waals surface area contributed by atoms with E-state index in [0.29, 0.717) is 0 Å². The molecule has 0 amide bonds. The molecule has 0 aromatic carbocycles. The fraction of sp³-hybridized carbons (Fsp3) is 0.700. The van der Waals surface area contributed by atoms with E-state index in [-0.39, 0.29) is 0 Å². The molecule has 1 aromatic rings. The highest BCUT2D eigenvalue weighted by atomic mass is 15.3. The molecule has 1 aliphatic rings. The van der Waals surface area contributed by atoms with Gasteiger partial charge in [-0.25, -0.2) is 0 Å². The molecule has 0 spiro atoms. The number of hydrogen-bond acceptors (Lipinski definition) is 2. The zero-order valence-corrected chi connectivity index (χ0v) is 8.45. The van der Waals surface area contributed by atoms with E-state index in [1.165, 1.54) is 17.8 Å². The van der Waals surface area contributed by atoms with Crippen molar-refractivity contribution in [3.8, 4) is 0 Å². The topological polar surface area (TPSA) is 21.1 Å². The van der Waals surface area contributed by atoms with Gasteiger partial charge in [0.25, 0.3) is 0 Å². The van der Waals surface area contributed by atoms with E-state index >= 15 is 0 Å². The Balaban J connectivity index is 2.18. The average Bonchev–Trinajstić information content (AvgIpc) is 2.46. The molecule has 0 N–H and O–H groups in total. The maximum absolute atomic E-state index is 4.56. The molecule has 0 bridgehead atoms. The Labute approximate surface area is 79.3 Å². The van der Waals surface area contributed by atoms with Gasteiger partial charge in [0, 0.05) is 13.1 Å². The Bertz CT molecular complexity index is 290. The summed E-state index contributed by atoms with van der Waals surface area (Å²) in [4.78, 5) is 2.34. The molecular weight excluding hydrogens is 162 g/mol. The van der Waals surface area contributed by atoms with Gasteiger partial charge in [0.2, 0.25) is 0 Å². The summed E-state index contributed by atoms with van der Waals surface area (Å²) in [7, 11) is 2.16. The van der Waals surface area contributed by atoms with E-state index < -0.39 is 0 Å². The van der Waals surface area contributed by atoms with Gasteiger partial charge in [-0.05, 0) is 19.5 Å². The van der Waals surface area contributed by atoms with Crippen LogP contribution < -0.4 is 0 Å². The van der Waals surface area contributed by atoms with E-state index in [1.807, 2.05) is 0 Å². The standard InChI is InChI=1S/C10H17N3/c1-3-4-9-7-10-8-12(2)5-6-13(10)11-9/h7H,3-6,8H2,1-2H3. The molecule has 1 aromatic heterocycles. The maximum Gasteiger partial charge on any atom is 0.0627 e. The Hall–Kier alpha value is -0.830. The highest BCUT2D eigenvalue weighted by Gasteiger charge is 2.14. The molecular formula is C10H17N3. The van der Waals surface area contributed by atoms with Crippen LogP contribution in [0.3, 0.4) is 0 Å². The van der Waals surface area contributed by atoms with Crippen molar-refractivity contribution in [1.29, 1.82) is 0 Å². The first kappa shape index (κ1) is 8.75. The minimum Gasteiger partial charge on any atom is -0.299 e. The van der Waals surface area contributed by atoms with Crippen LogP contribution in [0.1, 0.15) is 24.7 Å². The minimum atomic E-state index is 1.05. The van der Waals surface area contributed by atoms with Crippen molar-refractivity contribution in [2.24, 2.45) is 0 Å². The second kappa shape index (κ2) is 3.50. The van der Waals surface area contributed by atoms with E-state index in [4.69, 9.17) is 0 Å². The van der Waals surface area contributed by atoms with Crippen LogP contribution in [0.25, 0.3) is 0 Å². The van der Waals surface area contributed by atoms with Crippen molar-refractivity contribution in [2.45, 2.75) is 32.9 Å². The number of likely N-dealkylation sites (N-methyl/N-ethyl adjacent to an activating group) is 1. The van der Waals surface area contributed by atoms with Gasteiger partial charge in [0.15, 0.2) is 0 Å². The number of fused-ring (bicyclic) bond motifs is 1. The largest absolute Gasteiger partial charge is 0.299 e. The quantitative estimate of drug-likeness (QED) is 0.682. The summed E-state index contributed by atoms with van der Waals surface area (Å²) in [5.74, 6) is 0. The first-order chi connectivity index (χ1) is 6.29. The Kier molecular flexibility index (Phi) is 2.36. The molecule has 3 nitrogen and oxygen atoms in total. The smallest absolute Gasteiger partial charge is 0.0627 e. The molecule has 2 heterocycles. The van der Waals surface area contributed by atoms with Gasteiger partial charge in [-0.2, -0.15) is 5.10 Å². The maximum atomic E-state index is 4.56. The third kappa shape index (κ3) is 1.75. The van der Waals surface area contributed by atoms with Gasteiger partial charge in [-0.3, -0.25) is 9.58 Å². The SMILES string of the molecule is CCCc1cc2n(n1)CCN(C)C2. The molecule has 72 valence electrons. The van der Waals surface area contributed by atoms with Gasteiger partial charge in [0.05, 0.1) is 17.9 Å². The van der Waals surface area contributed by atoms with Crippen molar-refractivity contribution in [3.05, 3.63) is 17.5 Å². The predicted octanol–water partition coefficient (Wildman–Crippen LogP) is 1.28. The fourth-order valence-corrected chi connectivity index (χ4v) is 1.84. The van der Waals surface area contributed by atoms with Gasteiger partial charge in [-0.15, -0.1) is 0 Å². The van der Waals surface area contributed by atoms with Crippen LogP contribution in [0.5, 0.6) is 0 Å². The Morgan fingerprint density at radius 2 is 2.31 bits per heavy atom. The molecule has 0 radical (unpaired) electrons. The molecule has 0 saturated heterocycles. The van der Waals surface area contributed by atoms with Crippen LogP contribution in [-0.2, 0) is 19.5 Å². The lowest BCUT2D eigenvalue weighted by atomic mass is 10.2. The van der Waals surface area contributed by atoms with Crippen LogP contribution in [0.2, 0.25) is 0 Å². The first-order valence-electron chi connectivity index (χ1n) is 5.03. The minimum absolute atomic E-state index is 1.05. The first-order valence-corrected chi connectivity index (χ1v) is 5.03. The second-order valence-electron chi connectivity index (χ2n) is 3.84. The molecule has 0 aliphatic carbocycles. The van der Waals surface area contributed by atoms with E-state index in [2.05, 4.69) is 34.7 Å². The van der Waals surface area contributed by atoms with Gasteiger partial charge in [-0.1, -0.05) is 13.3 Å². The van der Waals surface area contributed by atoms with Crippen molar-refractivity contribution in [2.75, 3.05) is 13.6 Å². The lowest BCUT2D eigenvalue weighted by Gasteiger charge is -2.22. The van der Waals surface area contributed by atoms with E-state index in [1.54, 1.807) is 0 Å². The lowest BCUT2D eigenvalue weighted by molar-refractivity contribution is 0.258. The van der Waals surface area contributed by atoms with Crippen molar-refractivity contribution in [1.82, 2.24) is 14.7 Å². The number of aryl methyl sites for hydroxylation is 1. The molecule has 13 heavy (non-hydrogen) atoms.